The van der Waals surface area contributed by atoms with Crippen LogP contribution in [0.4, 0.5) is 4.79 Å². The summed E-state index contributed by atoms with van der Waals surface area (Å²) in [5.41, 5.74) is 6.47. The van der Waals surface area contributed by atoms with E-state index in [4.69, 9.17) is 22.1 Å². The number of halogens is 1. The second-order valence-electron chi connectivity index (χ2n) is 3.54. The van der Waals surface area contributed by atoms with Gasteiger partial charge in [-0.3, -0.25) is 0 Å². The molecule has 17 heavy (non-hydrogen) atoms. The quantitative estimate of drug-likeness (QED) is 0.879. The molecule has 0 bridgehead atoms. The Labute approximate surface area is 106 Å². The lowest BCUT2D eigenvalue weighted by atomic mass is 10.2. The van der Waals surface area contributed by atoms with Crippen molar-refractivity contribution in [3.05, 3.63) is 34.9 Å². The SMILES string of the molecule is CCOC(=O)N(CCN)Cc1ccc(Cl)cc1. The fourth-order valence-electron chi connectivity index (χ4n) is 1.42. The molecule has 94 valence electrons. The fourth-order valence-corrected chi connectivity index (χ4v) is 1.54. The highest BCUT2D eigenvalue weighted by Gasteiger charge is 2.13. The average Bonchev–Trinajstić information content (AvgIpc) is 2.31. The summed E-state index contributed by atoms with van der Waals surface area (Å²) in [6.07, 6.45) is -0.340. The van der Waals surface area contributed by atoms with Crippen LogP contribution in [-0.2, 0) is 11.3 Å². The first-order valence-corrected chi connectivity index (χ1v) is 5.91. The van der Waals surface area contributed by atoms with E-state index in [9.17, 15) is 4.79 Å². The molecule has 1 rings (SSSR count). The molecule has 0 aliphatic carbocycles. The standard InChI is InChI=1S/C12H17ClN2O2/c1-2-17-12(16)15(8-7-14)9-10-3-5-11(13)6-4-10/h3-6H,2,7-9,14H2,1H3. The largest absolute Gasteiger partial charge is 0.450 e. The summed E-state index contributed by atoms with van der Waals surface area (Å²) < 4.78 is 4.96. The Bertz CT molecular complexity index is 354. The minimum Gasteiger partial charge on any atom is -0.450 e. The van der Waals surface area contributed by atoms with Crippen molar-refractivity contribution in [3.8, 4) is 0 Å². The summed E-state index contributed by atoms with van der Waals surface area (Å²) in [5, 5.41) is 0.676. The number of hydrogen-bond donors (Lipinski definition) is 1. The van der Waals surface area contributed by atoms with E-state index < -0.39 is 0 Å². The normalized spacial score (nSPS) is 10.1. The van der Waals surface area contributed by atoms with E-state index in [1.165, 1.54) is 0 Å². The number of nitrogens with zero attached hydrogens (tertiary/aromatic N) is 1. The van der Waals surface area contributed by atoms with E-state index >= 15 is 0 Å². The number of hydrogen-bond acceptors (Lipinski definition) is 3. The number of rotatable bonds is 5. The first kappa shape index (κ1) is 13.8. The van der Waals surface area contributed by atoms with E-state index in [0.717, 1.165) is 5.56 Å². The summed E-state index contributed by atoms with van der Waals surface area (Å²) >= 11 is 5.80. The van der Waals surface area contributed by atoms with Crippen LogP contribution in [0.15, 0.2) is 24.3 Å². The molecule has 5 heteroatoms. The number of carbonyl (C=O) groups is 1. The van der Waals surface area contributed by atoms with Gasteiger partial charge in [0.05, 0.1) is 6.61 Å². The zero-order chi connectivity index (χ0) is 12.7. The van der Waals surface area contributed by atoms with Gasteiger partial charge in [0, 0.05) is 24.7 Å². The molecule has 0 radical (unpaired) electrons. The maximum Gasteiger partial charge on any atom is 0.410 e. The van der Waals surface area contributed by atoms with Crippen LogP contribution in [0.1, 0.15) is 12.5 Å². The molecule has 0 unspecified atom stereocenters. The molecule has 0 saturated heterocycles. The van der Waals surface area contributed by atoms with E-state index in [0.29, 0.717) is 31.3 Å². The molecule has 1 aromatic carbocycles. The molecule has 0 spiro atoms. The Hall–Kier alpha value is -1.26. The van der Waals surface area contributed by atoms with Crippen molar-refractivity contribution in [2.45, 2.75) is 13.5 Å². The summed E-state index contributed by atoms with van der Waals surface area (Å²) in [6, 6.07) is 7.35. The van der Waals surface area contributed by atoms with Crippen molar-refractivity contribution < 1.29 is 9.53 Å². The Kier molecular flexibility index (Phi) is 5.80. The predicted molar refractivity (Wildman–Crippen MR) is 67.9 cm³/mol. The van der Waals surface area contributed by atoms with Crippen molar-refractivity contribution in [3.63, 3.8) is 0 Å². The zero-order valence-electron chi connectivity index (χ0n) is 9.86. The van der Waals surface area contributed by atoms with Gasteiger partial charge in [-0.2, -0.15) is 0 Å². The Morgan fingerprint density at radius 2 is 2.06 bits per heavy atom. The summed E-state index contributed by atoms with van der Waals surface area (Å²) in [6.45, 7) is 3.50. The number of amides is 1. The fraction of sp³-hybridized carbons (Fsp3) is 0.417. The molecule has 0 aliphatic heterocycles. The number of carbonyl (C=O) groups excluding carboxylic acids is 1. The Balaban J connectivity index is 2.65. The van der Waals surface area contributed by atoms with Gasteiger partial charge < -0.3 is 15.4 Å². The monoisotopic (exact) mass is 256 g/mol. The van der Waals surface area contributed by atoms with Crippen LogP contribution in [0.2, 0.25) is 5.02 Å². The minimum absolute atomic E-state index is 0.340. The van der Waals surface area contributed by atoms with Gasteiger partial charge in [-0.25, -0.2) is 4.79 Å². The van der Waals surface area contributed by atoms with Crippen molar-refractivity contribution in [1.29, 1.82) is 0 Å². The molecule has 2 N–H and O–H groups in total. The highest BCUT2D eigenvalue weighted by molar-refractivity contribution is 6.30. The van der Waals surface area contributed by atoms with Crippen molar-refractivity contribution in [2.75, 3.05) is 19.7 Å². The van der Waals surface area contributed by atoms with Gasteiger partial charge in [0.25, 0.3) is 0 Å². The van der Waals surface area contributed by atoms with Crippen LogP contribution < -0.4 is 5.73 Å². The van der Waals surface area contributed by atoms with Crippen LogP contribution in [-0.4, -0.2) is 30.7 Å². The first-order chi connectivity index (χ1) is 8.17. The molecular formula is C12H17ClN2O2. The molecule has 4 nitrogen and oxygen atoms in total. The van der Waals surface area contributed by atoms with Crippen LogP contribution in [0.5, 0.6) is 0 Å². The number of benzene rings is 1. The maximum absolute atomic E-state index is 11.6. The first-order valence-electron chi connectivity index (χ1n) is 5.53. The predicted octanol–water partition coefficient (Wildman–Crippen LogP) is 2.26. The molecule has 0 atom stereocenters. The average molecular weight is 257 g/mol. The molecule has 0 aliphatic rings. The highest BCUT2D eigenvalue weighted by atomic mass is 35.5. The molecular weight excluding hydrogens is 240 g/mol. The Morgan fingerprint density at radius 1 is 1.41 bits per heavy atom. The van der Waals surface area contributed by atoms with E-state index in [2.05, 4.69) is 0 Å². The van der Waals surface area contributed by atoms with Gasteiger partial charge in [-0.05, 0) is 24.6 Å². The molecule has 0 fully saturated rings. The molecule has 0 heterocycles. The maximum atomic E-state index is 11.6. The van der Waals surface area contributed by atoms with Gasteiger partial charge in [0.15, 0.2) is 0 Å². The van der Waals surface area contributed by atoms with Crippen molar-refractivity contribution in [2.24, 2.45) is 5.73 Å². The molecule has 1 aromatic rings. The molecule has 0 saturated carbocycles. The Morgan fingerprint density at radius 3 is 2.59 bits per heavy atom. The van der Waals surface area contributed by atoms with Crippen LogP contribution in [0.3, 0.4) is 0 Å². The summed E-state index contributed by atoms with van der Waals surface area (Å²) in [7, 11) is 0. The van der Waals surface area contributed by atoms with E-state index in [-0.39, 0.29) is 6.09 Å². The second kappa shape index (κ2) is 7.14. The van der Waals surface area contributed by atoms with Crippen molar-refractivity contribution >= 4 is 17.7 Å². The second-order valence-corrected chi connectivity index (χ2v) is 3.97. The number of ether oxygens (including phenoxy) is 1. The topological polar surface area (TPSA) is 55.6 Å². The minimum atomic E-state index is -0.340. The van der Waals surface area contributed by atoms with Gasteiger partial charge in [-0.15, -0.1) is 0 Å². The van der Waals surface area contributed by atoms with Gasteiger partial charge in [-0.1, -0.05) is 23.7 Å². The lowest BCUT2D eigenvalue weighted by molar-refractivity contribution is 0.106. The van der Waals surface area contributed by atoms with E-state index in [1.54, 1.807) is 24.0 Å². The smallest absolute Gasteiger partial charge is 0.410 e. The van der Waals surface area contributed by atoms with Gasteiger partial charge in [0.1, 0.15) is 0 Å². The van der Waals surface area contributed by atoms with Gasteiger partial charge >= 0.3 is 6.09 Å². The number of nitrogens with two attached hydrogens (primary N) is 1. The third kappa shape index (κ3) is 4.63. The third-order valence-electron chi connectivity index (χ3n) is 2.21. The van der Waals surface area contributed by atoms with Gasteiger partial charge in [0.2, 0.25) is 0 Å². The summed E-state index contributed by atoms with van der Waals surface area (Å²) in [5.74, 6) is 0. The highest BCUT2D eigenvalue weighted by Crippen LogP contribution is 2.11. The summed E-state index contributed by atoms with van der Waals surface area (Å²) in [4.78, 5) is 13.2. The third-order valence-corrected chi connectivity index (χ3v) is 2.46. The van der Waals surface area contributed by atoms with Crippen LogP contribution >= 0.6 is 11.6 Å². The zero-order valence-corrected chi connectivity index (χ0v) is 10.6. The van der Waals surface area contributed by atoms with E-state index in [1.807, 2.05) is 12.1 Å². The molecule has 0 aromatic heterocycles. The lowest BCUT2D eigenvalue weighted by Crippen LogP contribution is -2.35. The van der Waals surface area contributed by atoms with Crippen LogP contribution in [0, 0.1) is 0 Å². The van der Waals surface area contributed by atoms with Crippen LogP contribution in [0.25, 0.3) is 0 Å². The molecule has 1 amide bonds. The van der Waals surface area contributed by atoms with Crippen molar-refractivity contribution in [1.82, 2.24) is 4.90 Å². The lowest BCUT2D eigenvalue weighted by Gasteiger charge is -2.21.